The van der Waals surface area contributed by atoms with Gasteiger partial charge in [0.25, 0.3) is 5.56 Å². The maximum absolute atomic E-state index is 11.1. The van der Waals surface area contributed by atoms with Crippen molar-refractivity contribution in [3.05, 3.63) is 22.1 Å². The number of hydrogen-bond acceptors (Lipinski definition) is 1. The molecule has 1 aromatic rings. The first-order valence-corrected chi connectivity index (χ1v) is 5.05. The Labute approximate surface area is 77.7 Å². The van der Waals surface area contributed by atoms with Crippen molar-refractivity contribution in [2.45, 2.75) is 45.1 Å². The van der Waals surface area contributed by atoms with Gasteiger partial charge in [0, 0.05) is 11.8 Å². The molecule has 1 saturated carbocycles. The van der Waals surface area contributed by atoms with E-state index in [-0.39, 0.29) is 5.56 Å². The van der Waals surface area contributed by atoms with Crippen molar-refractivity contribution < 1.29 is 0 Å². The van der Waals surface area contributed by atoms with E-state index in [9.17, 15) is 4.79 Å². The maximum atomic E-state index is 11.1. The molecule has 1 fully saturated rings. The number of aryl methyl sites for hydroxylation is 1. The quantitative estimate of drug-likeness (QED) is 0.705. The van der Waals surface area contributed by atoms with Crippen LogP contribution in [0.1, 0.15) is 43.8 Å². The van der Waals surface area contributed by atoms with Gasteiger partial charge < -0.3 is 0 Å². The summed E-state index contributed by atoms with van der Waals surface area (Å²) in [5, 5.41) is 2.88. The summed E-state index contributed by atoms with van der Waals surface area (Å²) in [6.45, 7) is 1.99. The molecular weight excluding hydrogens is 164 g/mol. The Bertz CT molecular complexity index is 331. The Morgan fingerprint density at radius 2 is 2.08 bits per heavy atom. The fourth-order valence-corrected chi connectivity index (χ4v) is 2.22. The van der Waals surface area contributed by atoms with Crippen molar-refractivity contribution in [2.75, 3.05) is 0 Å². The average molecular weight is 180 g/mol. The summed E-state index contributed by atoms with van der Waals surface area (Å²) in [4.78, 5) is 11.1. The molecule has 1 heterocycles. The van der Waals surface area contributed by atoms with Crippen LogP contribution in [0, 0.1) is 6.92 Å². The molecule has 1 aliphatic rings. The second-order valence-electron chi connectivity index (χ2n) is 3.92. The molecule has 1 aliphatic carbocycles. The highest BCUT2D eigenvalue weighted by atomic mass is 16.1. The van der Waals surface area contributed by atoms with E-state index in [0.717, 1.165) is 5.69 Å². The Kier molecular flexibility index (Phi) is 2.25. The van der Waals surface area contributed by atoms with Crippen molar-refractivity contribution in [3.8, 4) is 0 Å². The fraction of sp³-hybridized carbons (Fsp3) is 0.700. The maximum Gasteiger partial charge on any atom is 0.264 e. The lowest BCUT2D eigenvalue weighted by Gasteiger charge is -2.23. The summed E-state index contributed by atoms with van der Waals surface area (Å²) in [5.41, 5.74) is 1.10. The molecule has 0 aliphatic heterocycles. The first-order valence-electron chi connectivity index (χ1n) is 5.05. The molecule has 3 heteroatoms. The Balaban J connectivity index is 2.23. The smallest absolute Gasteiger partial charge is 0.264 e. The molecular formula is C10H16N2O. The number of nitrogens with zero attached hydrogens (tertiary/aromatic N) is 1. The number of hydrogen-bond donors (Lipinski definition) is 1. The van der Waals surface area contributed by atoms with Crippen molar-refractivity contribution in [3.63, 3.8) is 0 Å². The van der Waals surface area contributed by atoms with E-state index in [0.29, 0.717) is 6.04 Å². The molecule has 1 aromatic heterocycles. The number of aromatic amines is 1. The monoisotopic (exact) mass is 180 g/mol. The second-order valence-corrected chi connectivity index (χ2v) is 3.92. The van der Waals surface area contributed by atoms with Crippen molar-refractivity contribution in [2.24, 2.45) is 0 Å². The van der Waals surface area contributed by atoms with Gasteiger partial charge in [-0.3, -0.25) is 14.6 Å². The van der Waals surface area contributed by atoms with E-state index in [1.165, 1.54) is 32.1 Å². The molecule has 3 nitrogen and oxygen atoms in total. The third kappa shape index (κ3) is 1.69. The van der Waals surface area contributed by atoms with Crippen molar-refractivity contribution >= 4 is 0 Å². The molecule has 0 atom stereocenters. The summed E-state index contributed by atoms with van der Waals surface area (Å²) in [5.74, 6) is 0. The minimum absolute atomic E-state index is 0.0306. The molecule has 0 radical (unpaired) electrons. The number of rotatable bonds is 1. The molecule has 72 valence electrons. The summed E-state index contributed by atoms with van der Waals surface area (Å²) < 4.78 is 2.04. The van der Waals surface area contributed by atoms with Gasteiger partial charge in [-0.2, -0.15) is 0 Å². The van der Waals surface area contributed by atoms with Gasteiger partial charge in [0.2, 0.25) is 0 Å². The van der Waals surface area contributed by atoms with Crippen LogP contribution in [-0.2, 0) is 0 Å². The van der Waals surface area contributed by atoms with Gasteiger partial charge in [0.05, 0.1) is 6.04 Å². The molecule has 13 heavy (non-hydrogen) atoms. The SMILES string of the molecule is Cc1cc(=O)[nH]n1C1CCCCC1. The lowest BCUT2D eigenvalue weighted by Crippen LogP contribution is -2.17. The van der Waals surface area contributed by atoms with Crippen molar-refractivity contribution in [1.29, 1.82) is 0 Å². The van der Waals surface area contributed by atoms with Crippen LogP contribution in [0.3, 0.4) is 0 Å². The lowest BCUT2D eigenvalue weighted by atomic mass is 9.95. The summed E-state index contributed by atoms with van der Waals surface area (Å²) in [7, 11) is 0. The van der Waals surface area contributed by atoms with E-state index in [2.05, 4.69) is 5.10 Å². The van der Waals surface area contributed by atoms with Gasteiger partial charge in [0.1, 0.15) is 0 Å². The summed E-state index contributed by atoms with van der Waals surface area (Å²) in [6.07, 6.45) is 6.37. The zero-order valence-electron chi connectivity index (χ0n) is 8.05. The summed E-state index contributed by atoms with van der Waals surface area (Å²) >= 11 is 0. The first kappa shape index (κ1) is 8.60. The van der Waals surface area contributed by atoms with Gasteiger partial charge in [-0.25, -0.2) is 0 Å². The van der Waals surface area contributed by atoms with E-state index >= 15 is 0 Å². The van der Waals surface area contributed by atoms with Gasteiger partial charge in [-0.15, -0.1) is 0 Å². The lowest BCUT2D eigenvalue weighted by molar-refractivity contribution is 0.323. The second kappa shape index (κ2) is 3.40. The highest BCUT2D eigenvalue weighted by molar-refractivity contribution is 4.99. The number of nitrogens with one attached hydrogen (secondary N) is 1. The zero-order valence-corrected chi connectivity index (χ0v) is 8.05. The molecule has 0 aromatic carbocycles. The van der Waals surface area contributed by atoms with E-state index in [4.69, 9.17) is 0 Å². The topological polar surface area (TPSA) is 37.8 Å². The van der Waals surface area contributed by atoms with E-state index < -0.39 is 0 Å². The molecule has 1 N–H and O–H groups in total. The predicted octanol–water partition coefficient (Wildman–Crippen LogP) is 1.99. The van der Waals surface area contributed by atoms with Gasteiger partial charge >= 0.3 is 0 Å². The molecule has 0 bridgehead atoms. The number of aromatic nitrogens is 2. The predicted molar refractivity (Wildman–Crippen MR) is 51.9 cm³/mol. The Morgan fingerprint density at radius 1 is 1.38 bits per heavy atom. The van der Waals surface area contributed by atoms with Crippen LogP contribution in [0.4, 0.5) is 0 Å². The fourth-order valence-electron chi connectivity index (χ4n) is 2.22. The van der Waals surface area contributed by atoms with E-state index in [1.54, 1.807) is 6.07 Å². The van der Waals surface area contributed by atoms with E-state index in [1.807, 2.05) is 11.6 Å². The Hall–Kier alpha value is -0.990. The van der Waals surface area contributed by atoms with Crippen LogP contribution in [0.2, 0.25) is 0 Å². The highest BCUT2D eigenvalue weighted by Gasteiger charge is 2.16. The zero-order chi connectivity index (χ0) is 9.26. The molecule has 2 rings (SSSR count). The molecule has 0 unspecified atom stereocenters. The van der Waals surface area contributed by atoms with Gasteiger partial charge in [-0.1, -0.05) is 19.3 Å². The van der Waals surface area contributed by atoms with Gasteiger partial charge in [-0.05, 0) is 19.8 Å². The summed E-state index contributed by atoms with van der Waals surface area (Å²) in [6, 6.07) is 2.21. The molecule has 0 spiro atoms. The number of H-pyrrole nitrogens is 1. The largest absolute Gasteiger partial charge is 0.286 e. The minimum Gasteiger partial charge on any atom is -0.286 e. The van der Waals surface area contributed by atoms with Crippen LogP contribution in [0.15, 0.2) is 10.9 Å². The van der Waals surface area contributed by atoms with Crippen molar-refractivity contribution in [1.82, 2.24) is 9.78 Å². The minimum atomic E-state index is 0.0306. The van der Waals surface area contributed by atoms with Crippen LogP contribution in [0.25, 0.3) is 0 Å². The van der Waals surface area contributed by atoms with Gasteiger partial charge in [0.15, 0.2) is 0 Å². The van der Waals surface area contributed by atoms with Crippen LogP contribution in [0.5, 0.6) is 0 Å². The normalized spacial score (nSPS) is 19.2. The third-order valence-electron chi connectivity index (χ3n) is 2.89. The molecule has 0 saturated heterocycles. The Morgan fingerprint density at radius 3 is 2.62 bits per heavy atom. The third-order valence-corrected chi connectivity index (χ3v) is 2.89. The molecule has 0 amide bonds. The highest BCUT2D eigenvalue weighted by Crippen LogP contribution is 2.27. The van der Waals surface area contributed by atoms with Crippen LogP contribution >= 0.6 is 0 Å². The standard InChI is InChI=1S/C10H16N2O/c1-8-7-10(13)11-12(8)9-5-3-2-4-6-9/h7,9H,2-6H2,1H3,(H,11,13). The van der Waals surface area contributed by atoms with Crippen LogP contribution < -0.4 is 5.56 Å². The van der Waals surface area contributed by atoms with Crippen LogP contribution in [-0.4, -0.2) is 9.78 Å². The average Bonchev–Trinajstić information content (AvgIpc) is 2.47. The first-order chi connectivity index (χ1) is 6.27.